The zero-order valence-corrected chi connectivity index (χ0v) is 14.2. The molecule has 2 atom stereocenters. The van der Waals surface area contributed by atoms with Gasteiger partial charge in [0.2, 0.25) is 0 Å². The molecule has 0 unspecified atom stereocenters. The maximum atomic E-state index is 13.1. The molecule has 0 aromatic heterocycles. The summed E-state index contributed by atoms with van der Waals surface area (Å²) in [6.45, 7) is 1.96. The van der Waals surface area contributed by atoms with Gasteiger partial charge in [0.15, 0.2) is 11.5 Å². The minimum atomic E-state index is 0.0588. The fourth-order valence-corrected chi connectivity index (χ4v) is 4.08. The van der Waals surface area contributed by atoms with Gasteiger partial charge in [-0.15, -0.1) is 0 Å². The number of likely N-dealkylation sites (tertiary alicyclic amines) is 2. The van der Waals surface area contributed by atoms with Crippen LogP contribution in [0.15, 0.2) is 18.2 Å². The van der Waals surface area contributed by atoms with Crippen molar-refractivity contribution in [3.63, 3.8) is 0 Å². The van der Waals surface area contributed by atoms with E-state index in [1.165, 1.54) is 12.8 Å². The number of likely N-dealkylation sites (N-methyl/N-ethyl adjacent to an activating group) is 1. The van der Waals surface area contributed by atoms with Crippen molar-refractivity contribution in [3.05, 3.63) is 23.8 Å². The second kappa shape index (κ2) is 6.79. The zero-order valence-electron chi connectivity index (χ0n) is 14.2. The molecule has 23 heavy (non-hydrogen) atoms. The number of benzene rings is 1. The quantitative estimate of drug-likeness (QED) is 0.855. The first-order valence-corrected chi connectivity index (χ1v) is 8.39. The van der Waals surface area contributed by atoms with E-state index in [2.05, 4.69) is 11.9 Å². The molecule has 0 spiro atoms. The molecule has 1 aromatic rings. The standard InChI is InChI=1S/C18H26N2O3/c1-19-11-5-8-14(19)15-9-6-12-20(15)18(21)13-7-4-10-16(22-2)17(13)23-3/h4,7,10,14-15H,5-6,8-9,11-12H2,1-3H3/t14-,15-/m0/s1. The summed E-state index contributed by atoms with van der Waals surface area (Å²) in [5, 5.41) is 0. The summed E-state index contributed by atoms with van der Waals surface area (Å²) >= 11 is 0. The van der Waals surface area contributed by atoms with Crippen LogP contribution in [0.2, 0.25) is 0 Å². The highest BCUT2D eigenvalue weighted by Gasteiger charge is 2.39. The van der Waals surface area contributed by atoms with E-state index in [4.69, 9.17) is 9.47 Å². The van der Waals surface area contributed by atoms with Gasteiger partial charge in [-0.05, 0) is 51.4 Å². The molecule has 2 aliphatic heterocycles. The van der Waals surface area contributed by atoms with Crippen LogP contribution in [-0.4, -0.2) is 62.1 Å². The van der Waals surface area contributed by atoms with Crippen molar-refractivity contribution in [3.8, 4) is 11.5 Å². The minimum Gasteiger partial charge on any atom is -0.493 e. The van der Waals surface area contributed by atoms with E-state index in [1.54, 1.807) is 14.2 Å². The Hall–Kier alpha value is -1.75. The molecular formula is C18H26N2O3. The molecule has 0 N–H and O–H groups in total. The third-order valence-corrected chi connectivity index (χ3v) is 5.21. The summed E-state index contributed by atoms with van der Waals surface area (Å²) < 4.78 is 10.8. The average Bonchev–Trinajstić information content (AvgIpc) is 3.21. The Kier molecular flexibility index (Phi) is 4.76. The van der Waals surface area contributed by atoms with E-state index in [9.17, 15) is 4.79 Å². The van der Waals surface area contributed by atoms with Crippen LogP contribution in [0.25, 0.3) is 0 Å². The normalized spacial score (nSPS) is 24.9. The van der Waals surface area contributed by atoms with E-state index < -0.39 is 0 Å². The van der Waals surface area contributed by atoms with E-state index in [0.717, 1.165) is 25.9 Å². The van der Waals surface area contributed by atoms with Crippen LogP contribution < -0.4 is 9.47 Å². The number of ether oxygens (including phenoxy) is 2. The smallest absolute Gasteiger partial charge is 0.258 e. The zero-order chi connectivity index (χ0) is 16.4. The van der Waals surface area contributed by atoms with Crippen molar-refractivity contribution in [2.24, 2.45) is 0 Å². The monoisotopic (exact) mass is 318 g/mol. The molecule has 5 nitrogen and oxygen atoms in total. The summed E-state index contributed by atoms with van der Waals surface area (Å²) in [6, 6.07) is 6.30. The summed E-state index contributed by atoms with van der Waals surface area (Å²) in [5.74, 6) is 1.20. The van der Waals surface area contributed by atoms with Gasteiger partial charge in [-0.25, -0.2) is 0 Å². The number of rotatable bonds is 4. The third kappa shape index (κ3) is 2.90. The van der Waals surface area contributed by atoms with Gasteiger partial charge in [0, 0.05) is 18.6 Å². The minimum absolute atomic E-state index is 0.0588. The topological polar surface area (TPSA) is 42.0 Å². The van der Waals surface area contributed by atoms with Gasteiger partial charge in [-0.1, -0.05) is 6.07 Å². The van der Waals surface area contributed by atoms with Gasteiger partial charge in [-0.3, -0.25) is 4.79 Å². The first-order chi connectivity index (χ1) is 11.2. The fraction of sp³-hybridized carbons (Fsp3) is 0.611. The van der Waals surface area contributed by atoms with Crippen LogP contribution in [0.5, 0.6) is 11.5 Å². The lowest BCUT2D eigenvalue weighted by Gasteiger charge is -2.33. The van der Waals surface area contributed by atoms with Crippen molar-refractivity contribution in [1.82, 2.24) is 9.80 Å². The number of para-hydroxylation sites is 1. The first kappa shape index (κ1) is 16.1. The SMILES string of the molecule is COc1cccc(C(=O)N2CCC[C@H]2[C@@H]2CCCN2C)c1OC. The molecule has 0 bridgehead atoms. The predicted octanol–water partition coefficient (Wildman–Crippen LogP) is 2.40. The number of carbonyl (C=O) groups excluding carboxylic acids is 1. The second-order valence-electron chi connectivity index (χ2n) is 6.44. The fourth-order valence-electron chi connectivity index (χ4n) is 4.08. The van der Waals surface area contributed by atoms with Gasteiger partial charge in [0.1, 0.15) is 0 Å². The molecule has 2 fully saturated rings. The van der Waals surface area contributed by atoms with Crippen LogP contribution >= 0.6 is 0 Å². The van der Waals surface area contributed by atoms with E-state index in [1.807, 2.05) is 23.1 Å². The second-order valence-corrected chi connectivity index (χ2v) is 6.44. The van der Waals surface area contributed by atoms with Crippen LogP contribution in [0, 0.1) is 0 Å². The maximum Gasteiger partial charge on any atom is 0.258 e. The van der Waals surface area contributed by atoms with Crippen molar-refractivity contribution in [1.29, 1.82) is 0 Å². The van der Waals surface area contributed by atoms with Crippen LogP contribution in [0.3, 0.4) is 0 Å². The Morgan fingerprint density at radius 1 is 1.09 bits per heavy atom. The molecule has 1 amide bonds. The first-order valence-electron chi connectivity index (χ1n) is 8.39. The van der Waals surface area contributed by atoms with Crippen LogP contribution in [0.4, 0.5) is 0 Å². The molecule has 1 aromatic carbocycles. The van der Waals surface area contributed by atoms with Gasteiger partial charge < -0.3 is 19.3 Å². The van der Waals surface area contributed by atoms with Gasteiger partial charge in [0.05, 0.1) is 19.8 Å². The lowest BCUT2D eigenvalue weighted by Crippen LogP contribution is -2.47. The number of carbonyl (C=O) groups is 1. The summed E-state index contributed by atoms with van der Waals surface area (Å²) in [5.41, 5.74) is 0.597. The molecule has 2 aliphatic rings. The van der Waals surface area contributed by atoms with E-state index >= 15 is 0 Å². The molecule has 5 heteroatoms. The lowest BCUT2D eigenvalue weighted by atomic mass is 10.0. The largest absolute Gasteiger partial charge is 0.493 e. The van der Waals surface area contributed by atoms with Crippen molar-refractivity contribution in [2.45, 2.75) is 37.8 Å². The van der Waals surface area contributed by atoms with Crippen molar-refractivity contribution >= 4 is 5.91 Å². The van der Waals surface area contributed by atoms with E-state index in [0.29, 0.717) is 29.1 Å². The molecule has 3 rings (SSSR count). The molecule has 2 heterocycles. The molecule has 0 aliphatic carbocycles. The summed E-state index contributed by atoms with van der Waals surface area (Å²) in [6.07, 6.45) is 4.57. The number of hydrogen-bond donors (Lipinski definition) is 0. The predicted molar refractivity (Wildman–Crippen MR) is 89.3 cm³/mol. The highest BCUT2D eigenvalue weighted by molar-refractivity contribution is 5.98. The van der Waals surface area contributed by atoms with Crippen LogP contribution in [0.1, 0.15) is 36.0 Å². The molecule has 2 saturated heterocycles. The highest BCUT2D eigenvalue weighted by Crippen LogP contribution is 2.35. The molecular weight excluding hydrogens is 292 g/mol. The Bertz CT molecular complexity index is 575. The number of methoxy groups -OCH3 is 2. The summed E-state index contributed by atoms with van der Waals surface area (Å²) in [4.78, 5) is 17.6. The average molecular weight is 318 g/mol. The van der Waals surface area contributed by atoms with Crippen LogP contribution in [-0.2, 0) is 0 Å². The van der Waals surface area contributed by atoms with Crippen molar-refractivity contribution in [2.75, 3.05) is 34.4 Å². The van der Waals surface area contributed by atoms with Gasteiger partial charge >= 0.3 is 0 Å². The molecule has 0 radical (unpaired) electrons. The third-order valence-electron chi connectivity index (χ3n) is 5.21. The molecule has 126 valence electrons. The Balaban J connectivity index is 1.87. The number of amides is 1. The molecule has 0 saturated carbocycles. The summed E-state index contributed by atoms with van der Waals surface area (Å²) in [7, 11) is 5.35. The van der Waals surface area contributed by atoms with Gasteiger partial charge in [0.25, 0.3) is 5.91 Å². The Morgan fingerprint density at radius 3 is 2.48 bits per heavy atom. The highest BCUT2D eigenvalue weighted by atomic mass is 16.5. The van der Waals surface area contributed by atoms with Gasteiger partial charge in [-0.2, -0.15) is 0 Å². The maximum absolute atomic E-state index is 13.1. The number of nitrogens with zero attached hydrogens (tertiary/aromatic N) is 2. The van der Waals surface area contributed by atoms with Crippen molar-refractivity contribution < 1.29 is 14.3 Å². The van der Waals surface area contributed by atoms with E-state index in [-0.39, 0.29) is 5.91 Å². The Morgan fingerprint density at radius 2 is 1.83 bits per heavy atom. The lowest BCUT2D eigenvalue weighted by molar-refractivity contribution is 0.0660. The number of hydrogen-bond acceptors (Lipinski definition) is 4. The Labute approximate surface area is 138 Å².